The number of nitrogens with zero attached hydrogens (tertiary/aromatic N) is 4. The molecule has 0 radical (unpaired) electrons. The van der Waals surface area contributed by atoms with E-state index >= 15 is 0 Å². The van der Waals surface area contributed by atoms with Crippen molar-refractivity contribution in [2.24, 2.45) is 0 Å². The number of rotatable bonds is 4. The van der Waals surface area contributed by atoms with E-state index in [1.54, 1.807) is 31.2 Å². The van der Waals surface area contributed by atoms with Gasteiger partial charge in [0.25, 0.3) is 0 Å². The summed E-state index contributed by atoms with van der Waals surface area (Å²) >= 11 is 0. The van der Waals surface area contributed by atoms with Crippen molar-refractivity contribution < 1.29 is 22.8 Å². The second-order valence-electron chi connectivity index (χ2n) is 6.22. The van der Waals surface area contributed by atoms with E-state index in [1.165, 1.54) is 6.07 Å². The minimum atomic E-state index is -0.331. The van der Waals surface area contributed by atoms with Gasteiger partial charge in [-0.25, -0.2) is 4.39 Å². The minimum absolute atomic E-state index is 0.166. The van der Waals surface area contributed by atoms with Crippen molar-refractivity contribution in [3.63, 3.8) is 0 Å². The van der Waals surface area contributed by atoms with Crippen molar-refractivity contribution >= 4 is 0 Å². The monoisotopic (exact) mass is 380 g/mol. The number of ether oxygens (including phenoxy) is 2. The lowest BCUT2D eigenvalue weighted by molar-refractivity contribution is 0.174. The van der Waals surface area contributed by atoms with Crippen LogP contribution in [0.3, 0.4) is 0 Å². The van der Waals surface area contributed by atoms with Gasteiger partial charge in [-0.1, -0.05) is 11.2 Å². The van der Waals surface area contributed by atoms with Crippen LogP contribution >= 0.6 is 0 Å². The quantitative estimate of drug-likeness (QED) is 0.530. The molecule has 0 bridgehead atoms. The lowest BCUT2D eigenvalue weighted by Gasteiger charge is -1.98. The zero-order valence-corrected chi connectivity index (χ0v) is 14.7. The van der Waals surface area contributed by atoms with Crippen molar-refractivity contribution in [2.75, 3.05) is 6.79 Å². The number of halogens is 1. The van der Waals surface area contributed by atoms with Crippen LogP contribution in [0.2, 0.25) is 0 Å². The van der Waals surface area contributed by atoms with Crippen LogP contribution in [0.1, 0.15) is 17.3 Å². The van der Waals surface area contributed by atoms with Gasteiger partial charge in [0.15, 0.2) is 11.5 Å². The van der Waals surface area contributed by atoms with Crippen LogP contribution in [0.4, 0.5) is 4.39 Å². The number of fused-ring (bicyclic) bond motifs is 1. The van der Waals surface area contributed by atoms with Gasteiger partial charge in [0.2, 0.25) is 30.3 Å². The Bertz CT molecular complexity index is 1170. The molecule has 0 unspecified atom stereocenters. The lowest BCUT2D eigenvalue weighted by Crippen LogP contribution is -1.92. The third-order valence-electron chi connectivity index (χ3n) is 4.29. The summed E-state index contributed by atoms with van der Waals surface area (Å²) in [6, 6.07) is 10.1. The van der Waals surface area contributed by atoms with Crippen molar-refractivity contribution in [3.8, 4) is 34.3 Å². The van der Waals surface area contributed by atoms with Crippen LogP contribution in [0.15, 0.2) is 45.3 Å². The van der Waals surface area contributed by atoms with Crippen LogP contribution in [0, 0.1) is 12.7 Å². The maximum absolute atomic E-state index is 13.7. The fraction of sp³-hybridized carbons (Fsp3) is 0.158. The highest BCUT2D eigenvalue weighted by atomic mass is 19.1. The highest BCUT2D eigenvalue weighted by molar-refractivity contribution is 5.61. The summed E-state index contributed by atoms with van der Waals surface area (Å²) in [5, 5.41) is 11.9. The summed E-state index contributed by atoms with van der Waals surface area (Å²) in [5.41, 5.74) is 1.79. The molecule has 2 aromatic heterocycles. The molecular weight excluding hydrogens is 367 g/mol. The van der Waals surface area contributed by atoms with E-state index in [4.69, 9.17) is 18.4 Å². The van der Waals surface area contributed by atoms with Gasteiger partial charge >= 0.3 is 0 Å². The van der Waals surface area contributed by atoms with Crippen LogP contribution in [-0.2, 0) is 6.42 Å². The van der Waals surface area contributed by atoms with Crippen LogP contribution < -0.4 is 9.47 Å². The first-order valence-electron chi connectivity index (χ1n) is 8.47. The molecule has 0 fully saturated rings. The Balaban J connectivity index is 1.35. The van der Waals surface area contributed by atoms with E-state index in [1.807, 2.05) is 6.07 Å². The number of hydrogen-bond donors (Lipinski definition) is 0. The topological polar surface area (TPSA) is 96.3 Å². The molecule has 0 spiro atoms. The minimum Gasteiger partial charge on any atom is -0.454 e. The third kappa shape index (κ3) is 2.96. The summed E-state index contributed by atoms with van der Waals surface area (Å²) in [4.78, 5) is 4.35. The Labute approximate surface area is 157 Å². The number of hydrogen-bond acceptors (Lipinski definition) is 8. The zero-order valence-electron chi connectivity index (χ0n) is 14.7. The average Bonchev–Trinajstić information content (AvgIpc) is 3.44. The molecule has 0 aliphatic carbocycles. The number of aromatic nitrogens is 4. The predicted molar refractivity (Wildman–Crippen MR) is 93.1 cm³/mol. The van der Waals surface area contributed by atoms with E-state index in [0.717, 1.165) is 5.56 Å². The maximum Gasteiger partial charge on any atom is 0.247 e. The second-order valence-corrected chi connectivity index (χ2v) is 6.22. The average molecular weight is 380 g/mol. The van der Waals surface area contributed by atoms with Gasteiger partial charge in [0.1, 0.15) is 12.2 Å². The van der Waals surface area contributed by atoms with Gasteiger partial charge in [-0.2, -0.15) is 4.98 Å². The standard InChI is InChI=1S/C19H13FN4O4/c1-10-2-3-12(6-13(10)20)19-23-22-17(27-19)8-16-21-18(24-28-16)11-4-5-14-15(7-11)26-9-25-14/h2-7H,8-9H2,1H3. The smallest absolute Gasteiger partial charge is 0.247 e. The molecule has 1 aliphatic heterocycles. The van der Waals surface area contributed by atoms with Gasteiger partial charge in [-0.3, -0.25) is 0 Å². The van der Waals surface area contributed by atoms with Crippen LogP contribution in [0.25, 0.3) is 22.8 Å². The summed E-state index contributed by atoms with van der Waals surface area (Å²) in [5.74, 6) is 2.23. The molecule has 8 nitrogen and oxygen atoms in total. The largest absolute Gasteiger partial charge is 0.454 e. The summed E-state index contributed by atoms with van der Waals surface area (Å²) in [6.45, 7) is 1.88. The lowest BCUT2D eigenvalue weighted by atomic mass is 10.1. The molecule has 5 rings (SSSR count). The highest BCUT2D eigenvalue weighted by Crippen LogP contribution is 2.35. The van der Waals surface area contributed by atoms with E-state index in [2.05, 4.69) is 20.3 Å². The van der Waals surface area contributed by atoms with Crippen molar-refractivity contribution in [2.45, 2.75) is 13.3 Å². The molecule has 140 valence electrons. The molecular formula is C19H13FN4O4. The Morgan fingerprint density at radius 3 is 2.71 bits per heavy atom. The van der Waals surface area contributed by atoms with Crippen molar-refractivity contribution in [3.05, 3.63) is 59.6 Å². The first-order chi connectivity index (χ1) is 13.7. The Kier molecular flexibility index (Phi) is 3.78. The Morgan fingerprint density at radius 2 is 1.82 bits per heavy atom. The summed E-state index contributed by atoms with van der Waals surface area (Å²) in [6.07, 6.45) is 0.166. The van der Waals surface area contributed by atoms with Gasteiger partial charge in [-0.15, -0.1) is 10.2 Å². The molecule has 0 saturated carbocycles. The molecule has 0 N–H and O–H groups in total. The van der Waals surface area contributed by atoms with E-state index in [0.29, 0.717) is 34.3 Å². The molecule has 0 atom stereocenters. The van der Waals surface area contributed by atoms with Gasteiger partial charge in [-0.05, 0) is 42.8 Å². The first kappa shape index (κ1) is 16.4. The highest BCUT2D eigenvalue weighted by Gasteiger charge is 2.18. The molecule has 3 heterocycles. The van der Waals surface area contributed by atoms with E-state index in [-0.39, 0.29) is 30.8 Å². The Morgan fingerprint density at radius 1 is 0.964 bits per heavy atom. The summed E-state index contributed by atoms with van der Waals surface area (Å²) in [7, 11) is 0. The molecule has 2 aromatic carbocycles. The first-order valence-corrected chi connectivity index (χ1v) is 8.47. The van der Waals surface area contributed by atoms with Gasteiger partial charge in [0.05, 0.1) is 0 Å². The molecule has 28 heavy (non-hydrogen) atoms. The number of aryl methyl sites for hydroxylation is 1. The van der Waals surface area contributed by atoms with Crippen LogP contribution in [-0.4, -0.2) is 27.1 Å². The fourth-order valence-corrected chi connectivity index (χ4v) is 2.78. The second kappa shape index (κ2) is 6.45. The fourth-order valence-electron chi connectivity index (χ4n) is 2.78. The molecule has 4 aromatic rings. The molecule has 9 heteroatoms. The Hall–Kier alpha value is -3.75. The van der Waals surface area contributed by atoms with E-state index in [9.17, 15) is 4.39 Å². The number of benzene rings is 2. The normalized spacial score (nSPS) is 12.5. The SMILES string of the molecule is Cc1ccc(-c2nnc(Cc3nc(-c4ccc5c(c4)OCO5)no3)o2)cc1F. The van der Waals surface area contributed by atoms with Crippen LogP contribution in [0.5, 0.6) is 11.5 Å². The molecule has 0 amide bonds. The zero-order chi connectivity index (χ0) is 19.1. The molecule has 0 saturated heterocycles. The maximum atomic E-state index is 13.7. The van der Waals surface area contributed by atoms with Crippen molar-refractivity contribution in [1.29, 1.82) is 0 Å². The van der Waals surface area contributed by atoms with Gasteiger partial charge in [0, 0.05) is 11.1 Å². The van der Waals surface area contributed by atoms with Crippen molar-refractivity contribution in [1.82, 2.24) is 20.3 Å². The van der Waals surface area contributed by atoms with Gasteiger partial charge < -0.3 is 18.4 Å². The van der Waals surface area contributed by atoms with E-state index < -0.39 is 0 Å². The third-order valence-corrected chi connectivity index (χ3v) is 4.29. The molecule has 1 aliphatic rings. The summed E-state index contributed by atoms with van der Waals surface area (Å²) < 4.78 is 35.2. The predicted octanol–water partition coefficient (Wildman–Crippen LogP) is 3.55.